The molecule has 0 saturated carbocycles. The number of carbonyl (C=O) groups is 2. The Labute approximate surface area is 177 Å². The molecule has 8 nitrogen and oxygen atoms in total. The van der Waals surface area contributed by atoms with Crippen molar-refractivity contribution in [3.63, 3.8) is 0 Å². The fourth-order valence-electron chi connectivity index (χ4n) is 3.71. The van der Waals surface area contributed by atoms with E-state index in [4.69, 9.17) is 14.2 Å². The maximum atomic E-state index is 13.8. The Hall–Kier alpha value is -3.88. The van der Waals surface area contributed by atoms with Crippen LogP contribution in [0.1, 0.15) is 28.3 Å². The number of amides is 1. The van der Waals surface area contributed by atoms with Gasteiger partial charge >= 0.3 is 0 Å². The van der Waals surface area contributed by atoms with Crippen LogP contribution < -0.4 is 19.5 Å². The third-order valence-corrected chi connectivity index (χ3v) is 5.22. The topological polar surface area (TPSA) is 103 Å². The van der Waals surface area contributed by atoms with E-state index in [9.17, 15) is 14.0 Å². The highest BCUT2D eigenvalue weighted by Gasteiger charge is 2.36. The minimum absolute atomic E-state index is 0.0429. The molecule has 0 saturated heterocycles. The van der Waals surface area contributed by atoms with Gasteiger partial charge in [0.25, 0.3) is 0 Å². The second kappa shape index (κ2) is 8.10. The van der Waals surface area contributed by atoms with Gasteiger partial charge in [0.1, 0.15) is 0 Å². The number of nitrogens with one attached hydrogen (secondary N) is 2. The number of nitrogens with zero attached hydrogens (tertiary/aromatic N) is 1. The van der Waals surface area contributed by atoms with Gasteiger partial charge in [0, 0.05) is 23.1 Å². The summed E-state index contributed by atoms with van der Waals surface area (Å²) in [5, 5.41) is 9.80. The molecule has 0 bridgehead atoms. The van der Waals surface area contributed by atoms with Crippen LogP contribution in [0, 0.1) is 5.82 Å². The van der Waals surface area contributed by atoms with E-state index in [1.807, 2.05) is 0 Å². The molecular formula is C22H20FN3O5. The third kappa shape index (κ3) is 3.58. The second-order valence-electron chi connectivity index (χ2n) is 6.95. The number of halogens is 1. The number of hydrogen-bond donors (Lipinski definition) is 2. The van der Waals surface area contributed by atoms with Gasteiger partial charge in [0.05, 0.1) is 32.9 Å². The van der Waals surface area contributed by atoms with E-state index in [0.29, 0.717) is 28.3 Å². The van der Waals surface area contributed by atoms with E-state index in [2.05, 4.69) is 15.5 Å². The molecule has 1 atom stereocenters. The van der Waals surface area contributed by atoms with Crippen molar-refractivity contribution >= 4 is 17.5 Å². The van der Waals surface area contributed by atoms with Gasteiger partial charge in [-0.05, 0) is 36.4 Å². The fraction of sp³-hybridized carbons (Fsp3) is 0.227. The van der Waals surface area contributed by atoms with Gasteiger partial charge < -0.3 is 19.5 Å². The molecule has 3 aromatic rings. The Morgan fingerprint density at radius 1 is 1.03 bits per heavy atom. The molecule has 0 spiro atoms. The van der Waals surface area contributed by atoms with E-state index in [1.54, 1.807) is 18.2 Å². The van der Waals surface area contributed by atoms with Crippen molar-refractivity contribution in [1.29, 1.82) is 0 Å². The van der Waals surface area contributed by atoms with E-state index in [1.165, 1.54) is 39.5 Å². The lowest BCUT2D eigenvalue weighted by Gasteiger charge is -2.22. The number of H-pyrrole nitrogens is 1. The highest BCUT2D eigenvalue weighted by molar-refractivity contribution is 6.09. The first kappa shape index (κ1) is 20.4. The largest absolute Gasteiger partial charge is 0.494 e. The number of fused-ring (bicyclic) bond motifs is 1. The summed E-state index contributed by atoms with van der Waals surface area (Å²) >= 11 is 0. The first-order chi connectivity index (χ1) is 15.0. The summed E-state index contributed by atoms with van der Waals surface area (Å²) in [5.74, 6) is -0.737. The number of methoxy groups -OCH3 is 3. The van der Waals surface area contributed by atoms with Crippen LogP contribution in [0.2, 0.25) is 0 Å². The van der Waals surface area contributed by atoms with Crippen molar-refractivity contribution in [2.75, 3.05) is 26.6 Å². The lowest BCUT2D eigenvalue weighted by molar-refractivity contribution is -0.116. The van der Waals surface area contributed by atoms with Gasteiger partial charge in [-0.25, -0.2) is 4.39 Å². The number of ketones is 1. The summed E-state index contributed by atoms with van der Waals surface area (Å²) in [5.41, 5.74) is 2.07. The number of carbonyl (C=O) groups excluding carboxylic acids is 2. The number of aromatic amines is 1. The van der Waals surface area contributed by atoms with Crippen molar-refractivity contribution in [3.8, 4) is 28.5 Å². The Balaban J connectivity index is 1.80. The fourth-order valence-corrected chi connectivity index (χ4v) is 3.71. The molecule has 2 aromatic carbocycles. The van der Waals surface area contributed by atoms with Gasteiger partial charge in [0.2, 0.25) is 5.91 Å². The molecule has 0 radical (unpaired) electrons. The van der Waals surface area contributed by atoms with Gasteiger partial charge in [-0.15, -0.1) is 0 Å². The van der Waals surface area contributed by atoms with Crippen molar-refractivity contribution in [2.45, 2.75) is 12.3 Å². The lowest BCUT2D eigenvalue weighted by Crippen LogP contribution is -2.27. The van der Waals surface area contributed by atoms with E-state index >= 15 is 0 Å². The molecule has 1 aliphatic heterocycles. The van der Waals surface area contributed by atoms with Crippen molar-refractivity contribution in [3.05, 3.63) is 53.3 Å². The first-order valence-corrected chi connectivity index (χ1v) is 9.45. The Morgan fingerprint density at radius 2 is 1.77 bits per heavy atom. The monoisotopic (exact) mass is 425 g/mol. The molecule has 31 heavy (non-hydrogen) atoms. The van der Waals surface area contributed by atoms with Crippen molar-refractivity contribution in [1.82, 2.24) is 10.2 Å². The predicted octanol–water partition coefficient (Wildman–Crippen LogP) is 3.55. The highest BCUT2D eigenvalue weighted by atomic mass is 19.1. The highest BCUT2D eigenvalue weighted by Crippen LogP contribution is 2.42. The molecule has 2 heterocycles. The number of ether oxygens (including phenoxy) is 3. The number of rotatable bonds is 6. The summed E-state index contributed by atoms with van der Waals surface area (Å²) in [6.45, 7) is 0. The molecule has 2 N–H and O–H groups in total. The maximum absolute atomic E-state index is 13.8. The molecule has 4 rings (SSSR count). The zero-order valence-electron chi connectivity index (χ0n) is 17.1. The van der Waals surface area contributed by atoms with Crippen LogP contribution in [0.15, 0.2) is 36.4 Å². The molecule has 1 aromatic heterocycles. The van der Waals surface area contributed by atoms with Gasteiger partial charge in [-0.3, -0.25) is 14.7 Å². The average molecular weight is 425 g/mol. The maximum Gasteiger partial charge on any atom is 0.226 e. The Bertz CT molecular complexity index is 1170. The Kier molecular flexibility index (Phi) is 5.33. The molecule has 1 amide bonds. The van der Waals surface area contributed by atoms with Crippen LogP contribution in [0.3, 0.4) is 0 Å². The summed E-state index contributed by atoms with van der Waals surface area (Å²) < 4.78 is 29.4. The van der Waals surface area contributed by atoms with Crippen molar-refractivity contribution < 1.29 is 28.2 Å². The molecule has 0 fully saturated rings. The third-order valence-electron chi connectivity index (χ3n) is 5.22. The van der Waals surface area contributed by atoms with Gasteiger partial charge in [-0.1, -0.05) is 0 Å². The van der Waals surface area contributed by atoms with Crippen LogP contribution in [0.25, 0.3) is 11.3 Å². The van der Waals surface area contributed by atoms with Crippen LogP contribution in [0.5, 0.6) is 17.2 Å². The van der Waals surface area contributed by atoms with Crippen LogP contribution in [-0.4, -0.2) is 43.2 Å². The van der Waals surface area contributed by atoms with E-state index < -0.39 is 11.7 Å². The van der Waals surface area contributed by atoms with E-state index in [0.717, 1.165) is 0 Å². The molecule has 0 aliphatic carbocycles. The molecule has 160 valence electrons. The minimum Gasteiger partial charge on any atom is -0.494 e. The SMILES string of the molecule is COc1cc(C(=O)[C@@H]2CC(=O)Nc3n[nH]c(-c4ccc(OC)c(OC)c4)c32)ccc1F. The molecule has 1 aliphatic rings. The second-order valence-corrected chi connectivity index (χ2v) is 6.95. The first-order valence-electron chi connectivity index (χ1n) is 9.45. The molecule has 9 heteroatoms. The van der Waals surface area contributed by atoms with Crippen molar-refractivity contribution in [2.24, 2.45) is 0 Å². The van der Waals surface area contributed by atoms with Gasteiger partial charge in [0.15, 0.2) is 34.7 Å². The number of anilines is 1. The lowest BCUT2D eigenvalue weighted by atomic mass is 9.84. The van der Waals surface area contributed by atoms with Crippen LogP contribution in [0.4, 0.5) is 10.2 Å². The quantitative estimate of drug-likeness (QED) is 0.586. The normalized spacial score (nSPS) is 15.1. The smallest absolute Gasteiger partial charge is 0.226 e. The van der Waals surface area contributed by atoms with Crippen LogP contribution in [-0.2, 0) is 4.79 Å². The summed E-state index contributed by atoms with van der Waals surface area (Å²) in [6, 6.07) is 9.17. The number of benzene rings is 2. The zero-order chi connectivity index (χ0) is 22.1. The minimum atomic E-state index is -0.805. The van der Waals surface area contributed by atoms with Crippen LogP contribution >= 0.6 is 0 Å². The number of hydrogen-bond acceptors (Lipinski definition) is 6. The zero-order valence-corrected chi connectivity index (χ0v) is 17.1. The average Bonchev–Trinajstić information content (AvgIpc) is 3.21. The Morgan fingerprint density at radius 3 is 2.48 bits per heavy atom. The summed E-state index contributed by atoms with van der Waals surface area (Å²) in [7, 11) is 4.39. The summed E-state index contributed by atoms with van der Waals surface area (Å²) in [6.07, 6.45) is -0.0641. The predicted molar refractivity (Wildman–Crippen MR) is 110 cm³/mol. The number of Topliss-reactive ketones (excluding diaryl/α,β-unsaturated/α-hetero) is 1. The molecule has 0 unspecified atom stereocenters. The van der Waals surface area contributed by atoms with E-state index in [-0.39, 0.29) is 35.2 Å². The number of aromatic nitrogens is 2. The summed E-state index contributed by atoms with van der Waals surface area (Å²) in [4.78, 5) is 25.6. The molecular weight excluding hydrogens is 405 g/mol. The standard InChI is InChI=1S/C22H20FN3O5/c1-29-15-7-5-11(8-17(15)31-3)20-19-13(10-18(27)24-22(19)26-25-20)21(28)12-4-6-14(23)16(9-12)30-2/h4-9,13H,10H2,1-3H3,(H2,24,25,26,27)/t13-/m1/s1. The van der Waals surface area contributed by atoms with Gasteiger partial charge in [-0.2, -0.15) is 5.10 Å².